The van der Waals surface area contributed by atoms with E-state index in [2.05, 4.69) is 5.32 Å². The fourth-order valence-corrected chi connectivity index (χ4v) is 5.17. The monoisotopic (exact) mass is 384 g/mol. The summed E-state index contributed by atoms with van der Waals surface area (Å²) in [5.74, 6) is 0.375. The van der Waals surface area contributed by atoms with Crippen molar-refractivity contribution < 1.29 is 8.42 Å². The predicted molar refractivity (Wildman–Crippen MR) is 95.9 cm³/mol. The molecule has 1 saturated heterocycles. The third-order valence-electron chi connectivity index (χ3n) is 3.74. The molecule has 1 aliphatic heterocycles. The van der Waals surface area contributed by atoms with Crippen molar-refractivity contribution in [2.24, 2.45) is 5.92 Å². The molecule has 0 saturated carbocycles. The van der Waals surface area contributed by atoms with E-state index < -0.39 is 10.0 Å². The smallest absolute Gasteiger partial charge is 0.243 e. The lowest BCUT2D eigenvalue weighted by molar-refractivity contribution is 0.263. The maximum absolute atomic E-state index is 12.7. The van der Waals surface area contributed by atoms with Crippen LogP contribution in [0.2, 0.25) is 5.02 Å². The Bertz CT molecular complexity index is 595. The second-order valence-corrected chi connectivity index (χ2v) is 8.42. The van der Waals surface area contributed by atoms with Gasteiger partial charge in [0, 0.05) is 18.0 Å². The number of nitrogens with one attached hydrogen (secondary N) is 1. The van der Waals surface area contributed by atoms with Crippen LogP contribution in [-0.4, -0.2) is 45.7 Å². The Hall–Kier alpha value is 0.0200. The largest absolute Gasteiger partial charge is 0.319 e. The second-order valence-electron chi connectivity index (χ2n) is 5.23. The zero-order valence-corrected chi connectivity index (χ0v) is 15.9. The summed E-state index contributed by atoms with van der Waals surface area (Å²) >= 11 is 7.65. The minimum atomic E-state index is -3.45. The van der Waals surface area contributed by atoms with Crippen LogP contribution in [0, 0.1) is 5.92 Å². The lowest BCUT2D eigenvalue weighted by Crippen LogP contribution is -2.42. The fraction of sp³-hybridized carbons (Fsp3) is 0.571. The summed E-state index contributed by atoms with van der Waals surface area (Å²) in [6.45, 7) is 2.01. The molecule has 1 aromatic rings. The fourth-order valence-electron chi connectivity index (χ4n) is 2.66. The highest BCUT2D eigenvalue weighted by atomic mass is 35.5. The Morgan fingerprint density at radius 3 is 2.77 bits per heavy atom. The molecule has 1 unspecified atom stereocenters. The number of nitrogens with zero attached hydrogens (tertiary/aromatic N) is 1. The van der Waals surface area contributed by atoms with Gasteiger partial charge in [0.05, 0.1) is 9.92 Å². The van der Waals surface area contributed by atoms with Gasteiger partial charge in [-0.2, -0.15) is 4.31 Å². The molecule has 0 amide bonds. The molecule has 2 rings (SSSR count). The highest BCUT2D eigenvalue weighted by molar-refractivity contribution is 7.98. The van der Waals surface area contributed by atoms with Crippen LogP contribution in [0.4, 0.5) is 0 Å². The molecule has 8 heteroatoms. The van der Waals surface area contributed by atoms with Gasteiger partial charge in [-0.3, -0.25) is 0 Å². The van der Waals surface area contributed by atoms with Crippen LogP contribution in [0.1, 0.15) is 12.8 Å². The van der Waals surface area contributed by atoms with E-state index in [0.29, 0.717) is 24.0 Å². The molecule has 0 aromatic heterocycles. The van der Waals surface area contributed by atoms with Crippen molar-refractivity contribution in [1.29, 1.82) is 0 Å². The first-order valence-electron chi connectivity index (χ1n) is 6.97. The van der Waals surface area contributed by atoms with Crippen molar-refractivity contribution >= 4 is 45.8 Å². The van der Waals surface area contributed by atoms with Crippen molar-refractivity contribution in [2.45, 2.75) is 22.6 Å². The zero-order valence-electron chi connectivity index (χ0n) is 12.7. The first-order valence-corrected chi connectivity index (χ1v) is 10.0. The Morgan fingerprint density at radius 2 is 2.18 bits per heavy atom. The summed E-state index contributed by atoms with van der Waals surface area (Å²) < 4.78 is 27.0. The zero-order chi connectivity index (χ0) is 15.5. The lowest BCUT2D eigenvalue weighted by atomic mass is 10.00. The second kappa shape index (κ2) is 8.76. The van der Waals surface area contributed by atoms with Crippen LogP contribution in [-0.2, 0) is 10.0 Å². The predicted octanol–water partition coefficient (Wildman–Crippen LogP) is 3.10. The van der Waals surface area contributed by atoms with E-state index in [0.717, 1.165) is 24.3 Å². The van der Waals surface area contributed by atoms with Gasteiger partial charge in [-0.25, -0.2) is 8.42 Å². The Morgan fingerprint density at radius 1 is 1.45 bits per heavy atom. The number of piperidine rings is 1. The summed E-state index contributed by atoms with van der Waals surface area (Å²) in [4.78, 5) is 1.18. The van der Waals surface area contributed by atoms with Gasteiger partial charge < -0.3 is 5.32 Å². The van der Waals surface area contributed by atoms with Crippen LogP contribution >= 0.6 is 35.8 Å². The molecule has 0 spiro atoms. The van der Waals surface area contributed by atoms with Crippen molar-refractivity contribution in [2.75, 3.05) is 32.9 Å². The van der Waals surface area contributed by atoms with E-state index >= 15 is 0 Å². The third-order valence-corrected chi connectivity index (χ3v) is 6.82. The van der Waals surface area contributed by atoms with Crippen LogP contribution in [0.5, 0.6) is 0 Å². The number of benzene rings is 1. The van der Waals surface area contributed by atoms with E-state index in [-0.39, 0.29) is 17.3 Å². The van der Waals surface area contributed by atoms with Gasteiger partial charge in [0.2, 0.25) is 10.0 Å². The van der Waals surface area contributed by atoms with Crippen molar-refractivity contribution in [1.82, 2.24) is 9.62 Å². The maximum Gasteiger partial charge on any atom is 0.243 e. The van der Waals surface area contributed by atoms with E-state index in [9.17, 15) is 8.42 Å². The molecule has 1 heterocycles. The molecule has 22 heavy (non-hydrogen) atoms. The minimum Gasteiger partial charge on any atom is -0.319 e. The minimum absolute atomic E-state index is 0. The van der Waals surface area contributed by atoms with Crippen molar-refractivity contribution in [3.63, 3.8) is 0 Å². The van der Waals surface area contributed by atoms with Gasteiger partial charge in [-0.1, -0.05) is 11.6 Å². The quantitative estimate of drug-likeness (QED) is 0.792. The van der Waals surface area contributed by atoms with Crippen LogP contribution < -0.4 is 5.32 Å². The molecule has 1 aliphatic rings. The van der Waals surface area contributed by atoms with Crippen molar-refractivity contribution in [3.05, 3.63) is 23.2 Å². The first-order chi connectivity index (χ1) is 9.98. The normalized spacial score (nSPS) is 19.7. The number of rotatable bonds is 5. The topological polar surface area (TPSA) is 49.4 Å². The molecule has 0 bridgehead atoms. The molecular formula is C14H22Cl2N2O2S2. The molecule has 0 radical (unpaired) electrons. The van der Waals surface area contributed by atoms with E-state index in [1.807, 2.05) is 13.3 Å². The van der Waals surface area contributed by atoms with Crippen molar-refractivity contribution in [3.8, 4) is 0 Å². The molecule has 1 N–H and O–H groups in total. The summed E-state index contributed by atoms with van der Waals surface area (Å²) in [5.41, 5.74) is 0. The number of thioether (sulfide) groups is 1. The van der Waals surface area contributed by atoms with Gasteiger partial charge in [0.15, 0.2) is 0 Å². The van der Waals surface area contributed by atoms with Gasteiger partial charge in [0.25, 0.3) is 0 Å². The van der Waals surface area contributed by atoms with E-state index in [1.54, 1.807) is 22.5 Å². The summed E-state index contributed by atoms with van der Waals surface area (Å²) in [6.07, 6.45) is 3.89. The Kier molecular flexibility index (Phi) is 7.99. The maximum atomic E-state index is 12.7. The molecule has 1 aromatic carbocycles. The Balaban J connectivity index is 0.00000242. The molecule has 126 valence electrons. The van der Waals surface area contributed by atoms with Gasteiger partial charge >= 0.3 is 0 Å². The number of sulfonamides is 1. The average molecular weight is 385 g/mol. The van der Waals surface area contributed by atoms with Gasteiger partial charge in [-0.15, -0.1) is 24.2 Å². The summed E-state index contributed by atoms with van der Waals surface area (Å²) in [6, 6.07) is 4.98. The molecule has 1 fully saturated rings. The van der Waals surface area contributed by atoms with Gasteiger partial charge in [0.1, 0.15) is 0 Å². The first kappa shape index (κ1) is 20.1. The summed E-state index contributed by atoms with van der Waals surface area (Å²) in [5, 5.41) is 3.62. The van der Waals surface area contributed by atoms with Gasteiger partial charge in [-0.05, 0) is 56.8 Å². The van der Waals surface area contributed by atoms with Crippen LogP contribution in [0.15, 0.2) is 28.0 Å². The third kappa shape index (κ3) is 4.52. The SMILES string of the molecule is CNCC1CCCN(S(=O)(=O)c2ccc(SC)c(Cl)c2)C1.Cl. The molecule has 1 atom stereocenters. The molecule has 0 aliphatic carbocycles. The lowest BCUT2D eigenvalue weighted by Gasteiger charge is -2.31. The standard InChI is InChI=1S/C14H21ClN2O2S2.ClH/c1-16-9-11-4-3-7-17(10-11)21(18,19)12-5-6-14(20-2)13(15)8-12;/h5-6,8,11,16H,3-4,7,9-10H2,1-2H3;1H. The Labute approximate surface area is 148 Å². The molecular weight excluding hydrogens is 363 g/mol. The van der Waals surface area contributed by atoms with E-state index in [4.69, 9.17) is 11.6 Å². The number of hydrogen-bond donors (Lipinski definition) is 1. The highest BCUT2D eigenvalue weighted by Gasteiger charge is 2.30. The number of hydrogen-bond acceptors (Lipinski definition) is 4. The highest BCUT2D eigenvalue weighted by Crippen LogP contribution is 2.30. The number of halogens is 2. The van der Waals surface area contributed by atoms with E-state index in [1.165, 1.54) is 11.8 Å². The average Bonchev–Trinajstić information content (AvgIpc) is 2.48. The van der Waals surface area contributed by atoms with Crippen LogP contribution in [0.3, 0.4) is 0 Å². The van der Waals surface area contributed by atoms with Crippen LogP contribution in [0.25, 0.3) is 0 Å². The summed E-state index contributed by atoms with van der Waals surface area (Å²) in [7, 11) is -1.55. The molecule has 4 nitrogen and oxygen atoms in total.